The van der Waals surface area contributed by atoms with Gasteiger partial charge >= 0.3 is 0 Å². The smallest absolute Gasteiger partial charge is 0.223 e. The minimum atomic E-state index is 0.0988. The molecule has 0 aliphatic carbocycles. The van der Waals surface area contributed by atoms with Crippen molar-refractivity contribution in [2.24, 2.45) is 0 Å². The lowest BCUT2D eigenvalue weighted by Gasteiger charge is -2.12. The highest BCUT2D eigenvalue weighted by Crippen LogP contribution is 2.24. The second-order valence-electron chi connectivity index (χ2n) is 7.50. The molecule has 1 aliphatic heterocycles. The van der Waals surface area contributed by atoms with E-state index in [1.807, 2.05) is 12.1 Å². The molecule has 3 aromatic rings. The zero-order chi connectivity index (χ0) is 20.8. The summed E-state index contributed by atoms with van der Waals surface area (Å²) >= 11 is 5.97. The predicted molar refractivity (Wildman–Crippen MR) is 121 cm³/mol. The van der Waals surface area contributed by atoms with Gasteiger partial charge in [-0.1, -0.05) is 35.9 Å². The molecule has 0 saturated carbocycles. The fraction of sp³-hybridized carbons (Fsp3) is 0.304. The van der Waals surface area contributed by atoms with E-state index in [0.717, 1.165) is 42.9 Å². The number of rotatable bonds is 8. The topological polar surface area (TPSA) is 82.1 Å². The third kappa shape index (κ3) is 5.48. The second kappa shape index (κ2) is 9.89. The van der Waals surface area contributed by atoms with Gasteiger partial charge in [0.2, 0.25) is 5.95 Å². The molecule has 1 fully saturated rings. The van der Waals surface area contributed by atoms with Crippen LogP contribution in [0.5, 0.6) is 5.75 Å². The number of benzene rings is 2. The average Bonchev–Trinajstić information content (AvgIpc) is 3.29. The van der Waals surface area contributed by atoms with Crippen LogP contribution in [0.25, 0.3) is 11.3 Å². The van der Waals surface area contributed by atoms with Crippen LogP contribution in [0.4, 0.5) is 5.95 Å². The molecule has 0 amide bonds. The number of nitrogens with zero attached hydrogens (tertiary/aromatic N) is 2. The minimum Gasteiger partial charge on any atom is -0.506 e. The molecule has 1 saturated heterocycles. The molecule has 156 valence electrons. The first kappa shape index (κ1) is 20.6. The number of aromatic hydroxyl groups is 1. The quantitative estimate of drug-likeness (QED) is 0.443. The van der Waals surface area contributed by atoms with E-state index >= 15 is 0 Å². The number of nitrogens with one attached hydrogen (secondary N) is 3. The lowest BCUT2D eigenvalue weighted by molar-refractivity contribution is 0.475. The van der Waals surface area contributed by atoms with Crippen LogP contribution in [0.3, 0.4) is 0 Å². The van der Waals surface area contributed by atoms with E-state index in [9.17, 15) is 5.11 Å². The fourth-order valence-corrected chi connectivity index (χ4v) is 3.76. The van der Waals surface area contributed by atoms with E-state index in [0.29, 0.717) is 23.6 Å². The molecule has 0 spiro atoms. The van der Waals surface area contributed by atoms with Crippen LogP contribution in [0, 0.1) is 0 Å². The summed E-state index contributed by atoms with van der Waals surface area (Å²) in [6.45, 7) is 3.65. The zero-order valence-corrected chi connectivity index (χ0v) is 17.5. The molecule has 2 aromatic carbocycles. The van der Waals surface area contributed by atoms with Gasteiger partial charge in [0, 0.05) is 37.4 Å². The Morgan fingerprint density at radius 2 is 2.07 bits per heavy atom. The summed E-state index contributed by atoms with van der Waals surface area (Å²) in [4.78, 5) is 9.00. The molecular weight excluding hydrogens is 398 g/mol. The van der Waals surface area contributed by atoms with Crippen molar-refractivity contribution in [3.05, 3.63) is 70.9 Å². The summed E-state index contributed by atoms with van der Waals surface area (Å²) in [6, 6.07) is 16.2. The lowest BCUT2D eigenvalue weighted by atomic mass is 10.1. The van der Waals surface area contributed by atoms with E-state index in [1.165, 1.54) is 12.0 Å². The van der Waals surface area contributed by atoms with E-state index in [1.54, 1.807) is 18.3 Å². The van der Waals surface area contributed by atoms with Crippen molar-refractivity contribution in [3.8, 4) is 17.0 Å². The van der Waals surface area contributed by atoms with E-state index in [-0.39, 0.29) is 5.75 Å². The first-order chi connectivity index (χ1) is 14.7. The highest BCUT2D eigenvalue weighted by molar-refractivity contribution is 6.32. The lowest BCUT2D eigenvalue weighted by Crippen LogP contribution is -2.30. The van der Waals surface area contributed by atoms with E-state index in [2.05, 4.69) is 50.2 Å². The Kier molecular flexibility index (Phi) is 6.79. The highest BCUT2D eigenvalue weighted by atomic mass is 35.5. The Labute approximate surface area is 181 Å². The van der Waals surface area contributed by atoms with Crippen LogP contribution in [0.1, 0.15) is 17.5 Å². The number of halogens is 1. The van der Waals surface area contributed by atoms with Crippen LogP contribution in [-0.2, 0) is 13.0 Å². The average molecular weight is 424 g/mol. The third-order valence-electron chi connectivity index (χ3n) is 5.24. The standard InChI is InChI=1S/C23H26ClN5O/c24-20-13-16(4-5-22(20)30)6-10-26-23-27-11-8-21(29-23)18-3-1-2-17(12-18)14-28-19-7-9-25-15-19/h1-5,8,11-13,19,25,28,30H,6-7,9-10,14-15H2,(H,26,27,29). The van der Waals surface area contributed by atoms with Gasteiger partial charge in [-0.15, -0.1) is 0 Å². The number of phenolic OH excluding ortho intramolecular Hbond substituents is 1. The van der Waals surface area contributed by atoms with Crippen LogP contribution in [0.15, 0.2) is 54.7 Å². The molecular formula is C23H26ClN5O. The van der Waals surface area contributed by atoms with Crippen molar-refractivity contribution in [2.75, 3.05) is 25.0 Å². The Balaban J connectivity index is 1.36. The SMILES string of the molecule is Oc1ccc(CCNc2nccc(-c3cccc(CNC4CCNC4)c3)n2)cc1Cl. The van der Waals surface area contributed by atoms with Crippen molar-refractivity contribution in [1.29, 1.82) is 0 Å². The van der Waals surface area contributed by atoms with Crippen LogP contribution in [-0.4, -0.2) is 40.8 Å². The minimum absolute atomic E-state index is 0.0988. The van der Waals surface area contributed by atoms with E-state index in [4.69, 9.17) is 11.6 Å². The molecule has 7 heteroatoms. The highest BCUT2D eigenvalue weighted by Gasteiger charge is 2.13. The molecule has 4 N–H and O–H groups in total. The molecule has 0 bridgehead atoms. The Hall–Kier alpha value is -2.67. The third-order valence-corrected chi connectivity index (χ3v) is 5.55. The summed E-state index contributed by atoms with van der Waals surface area (Å²) in [6.07, 6.45) is 3.71. The van der Waals surface area contributed by atoms with Crippen molar-refractivity contribution in [1.82, 2.24) is 20.6 Å². The van der Waals surface area contributed by atoms with Crippen molar-refractivity contribution < 1.29 is 5.11 Å². The molecule has 0 radical (unpaired) electrons. The second-order valence-corrected chi connectivity index (χ2v) is 7.91. The fourth-order valence-electron chi connectivity index (χ4n) is 3.56. The van der Waals surface area contributed by atoms with E-state index < -0.39 is 0 Å². The Bertz CT molecular complexity index is 991. The zero-order valence-electron chi connectivity index (χ0n) is 16.7. The molecule has 1 atom stereocenters. The number of hydrogen-bond donors (Lipinski definition) is 4. The largest absolute Gasteiger partial charge is 0.506 e. The molecule has 6 nitrogen and oxygen atoms in total. The van der Waals surface area contributed by atoms with Gasteiger partial charge in [0.25, 0.3) is 0 Å². The molecule has 30 heavy (non-hydrogen) atoms. The Morgan fingerprint density at radius 1 is 1.13 bits per heavy atom. The maximum absolute atomic E-state index is 9.52. The predicted octanol–water partition coefficient (Wildman–Crippen LogP) is 3.61. The summed E-state index contributed by atoms with van der Waals surface area (Å²) in [7, 11) is 0. The molecule has 4 rings (SSSR count). The number of phenols is 1. The number of hydrogen-bond acceptors (Lipinski definition) is 6. The van der Waals surface area contributed by atoms with Gasteiger partial charge in [0.1, 0.15) is 5.75 Å². The first-order valence-corrected chi connectivity index (χ1v) is 10.6. The molecule has 1 unspecified atom stereocenters. The summed E-state index contributed by atoms with van der Waals surface area (Å²) in [5.74, 6) is 0.694. The van der Waals surface area contributed by atoms with Gasteiger partial charge in [0.15, 0.2) is 0 Å². The monoisotopic (exact) mass is 423 g/mol. The van der Waals surface area contributed by atoms with Crippen LogP contribution >= 0.6 is 11.6 Å². The number of anilines is 1. The molecule has 1 aliphatic rings. The Morgan fingerprint density at radius 3 is 2.90 bits per heavy atom. The summed E-state index contributed by atoms with van der Waals surface area (Å²) in [5.41, 5.74) is 4.26. The van der Waals surface area contributed by atoms with Gasteiger partial charge in [0.05, 0.1) is 10.7 Å². The molecule has 1 aromatic heterocycles. The van der Waals surface area contributed by atoms with Gasteiger partial charge in [-0.2, -0.15) is 0 Å². The van der Waals surface area contributed by atoms with Gasteiger partial charge < -0.3 is 21.1 Å². The van der Waals surface area contributed by atoms with Gasteiger partial charge in [-0.3, -0.25) is 0 Å². The van der Waals surface area contributed by atoms with Crippen molar-refractivity contribution >= 4 is 17.5 Å². The van der Waals surface area contributed by atoms with Gasteiger partial charge in [-0.25, -0.2) is 9.97 Å². The number of aromatic nitrogens is 2. The maximum Gasteiger partial charge on any atom is 0.223 e. The summed E-state index contributed by atoms with van der Waals surface area (Å²) < 4.78 is 0. The van der Waals surface area contributed by atoms with Crippen LogP contribution < -0.4 is 16.0 Å². The van der Waals surface area contributed by atoms with Crippen molar-refractivity contribution in [3.63, 3.8) is 0 Å². The van der Waals surface area contributed by atoms with Gasteiger partial charge in [-0.05, 0) is 54.8 Å². The molecule has 2 heterocycles. The van der Waals surface area contributed by atoms with Crippen molar-refractivity contribution in [2.45, 2.75) is 25.4 Å². The first-order valence-electron chi connectivity index (χ1n) is 10.2. The normalized spacial score (nSPS) is 16.0. The maximum atomic E-state index is 9.52. The van der Waals surface area contributed by atoms with Crippen LogP contribution in [0.2, 0.25) is 5.02 Å². The summed E-state index contributed by atoms with van der Waals surface area (Å²) in [5, 5.41) is 20.1.